The zero-order valence-corrected chi connectivity index (χ0v) is 16.5. The van der Waals surface area contributed by atoms with Gasteiger partial charge in [0.2, 0.25) is 0 Å². The van der Waals surface area contributed by atoms with Gasteiger partial charge in [-0.05, 0) is 60.9 Å². The largest absolute Gasteiger partial charge is 0.494 e. The number of nitrogens with zero attached hydrogens (tertiary/aromatic N) is 3. The van der Waals surface area contributed by atoms with Crippen molar-refractivity contribution in [2.24, 2.45) is 0 Å². The van der Waals surface area contributed by atoms with Crippen LogP contribution in [0.5, 0.6) is 5.75 Å². The third-order valence-corrected chi connectivity index (χ3v) is 4.76. The van der Waals surface area contributed by atoms with Crippen molar-refractivity contribution in [1.29, 1.82) is 0 Å². The van der Waals surface area contributed by atoms with Gasteiger partial charge in [0.05, 0.1) is 17.5 Å². The summed E-state index contributed by atoms with van der Waals surface area (Å²) in [4.78, 5) is 28.1. The molecule has 6 nitrogen and oxygen atoms in total. The van der Waals surface area contributed by atoms with E-state index >= 15 is 0 Å². The van der Waals surface area contributed by atoms with Gasteiger partial charge in [0.15, 0.2) is 5.82 Å². The molecule has 0 bridgehead atoms. The van der Waals surface area contributed by atoms with E-state index in [9.17, 15) is 4.79 Å². The lowest BCUT2D eigenvalue weighted by Crippen LogP contribution is -2.10. The summed E-state index contributed by atoms with van der Waals surface area (Å²) in [7, 11) is 0. The molecule has 0 aliphatic rings. The molecule has 28 heavy (non-hydrogen) atoms. The summed E-state index contributed by atoms with van der Waals surface area (Å²) >= 11 is 3.40. The standard InChI is InChI=1S/C21H17BrN4O2/c22-15-7-10-24-19(12-15)20-25-18-4-3-16(13-17(18)21(27)26-20)28-11-1-2-14-5-8-23-9-6-14/h3-10,12-13H,1-2,11H2,(H,25,26,27). The van der Waals surface area contributed by atoms with E-state index in [2.05, 4.69) is 35.9 Å². The highest BCUT2D eigenvalue weighted by atomic mass is 79.9. The molecule has 3 aromatic heterocycles. The van der Waals surface area contributed by atoms with Crippen LogP contribution in [0.2, 0.25) is 0 Å². The Morgan fingerprint density at radius 2 is 1.89 bits per heavy atom. The maximum absolute atomic E-state index is 12.5. The lowest BCUT2D eigenvalue weighted by atomic mass is 10.1. The minimum absolute atomic E-state index is 0.219. The van der Waals surface area contributed by atoms with Gasteiger partial charge < -0.3 is 9.72 Å². The first-order valence-electron chi connectivity index (χ1n) is 8.87. The van der Waals surface area contributed by atoms with Gasteiger partial charge in [-0.2, -0.15) is 0 Å². The fourth-order valence-corrected chi connectivity index (χ4v) is 3.21. The van der Waals surface area contributed by atoms with E-state index in [4.69, 9.17) is 4.74 Å². The van der Waals surface area contributed by atoms with Crippen molar-refractivity contribution >= 4 is 26.8 Å². The molecule has 0 atom stereocenters. The first kappa shape index (κ1) is 18.3. The van der Waals surface area contributed by atoms with Crippen LogP contribution in [0.1, 0.15) is 12.0 Å². The highest BCUT2D eigenvalue weighted by Crippen LogP contribution is 2.21. The zero-order chi connectivity index (χ0) is 19.3. The van der Waals surface area contributed by atoms with E-state index in [1.807, 2.05) is 30.3 Å². The van der Waals surface area contributed by atoms with Crippen molar-refractivity contribution < 1.29 is 4.74 Å². The van der Waals surface area contributed by atoms with Crippen LogP contribution in [0.4, 0.5) is 0 Å². The van der Waals surface area contributed by atoms with E-state index in [1.54, 1.807) is 30.7 Å². The zero-order valence-electron chi connectivity index (χ0n) is 14.9. The Hall–Kier alpha value is -3.06. The minimum Gasteiger partial charge on any atom is -0.494 e. The molecule has 140 valence electrons. The Morgan fingerprint density at radius 3 is 2.71 bits per heavy atom. The molecule has 0 fully saturated rings. The van der Waals surface area contributed by atoms with Gasteiger partial charge in [-0.15, -0.1) is 0 Å². The molecule has 0 saturated heterocycles. The first-order chi connectivity index (χ1) is 13.7. The second-order valence-corrected chi connectivity index (χ2v) is 7.18. The van der Waals surface area contributed by atoms with E-state index in [0.29, 0.717) is 34.8 Å². The molecule has 1 aromatic carbocycles. The van der Waals surface area contributed by atoms with E-state index in [1.165, 1.54) is 5.56 Å². The van der Waals surface area contributed by atoms with Crippen LogP contribution in [0.3, 0.4) is 0 Å². The highest BCUT2D eigenvalue weighted by Gasteiger charge is 2.09. The average molecular weight is 437 g/mol. The Bertz CT molecular complexity index is 1160. The smallest absolute Gasteiger partial charge is 0.259 e. The maximum atomic E-state index is 12.5. The lowest BCUT2D eigenvalue weighted by Gasteiger charge is -2.08. The molecular weight excluding hydrogens is 420 g/mol. The molecule has 0 saturated carbocycles. The van der Waals surface area contributed by atoms with Crippen LogP contribution in [-0.2, 0) is 6.42 Å². The number of pyridine rings is 2. The monoisotopic (exact) mass is 436 g/mol. The summed E-state index contributed by atoms with van der Waals surface area (Å²) < 4.78 is 6.68. The first-order valence-corrected chi connectivity index (χ1v) is 9.66. The van der Waals surface area contributed by atoms with E-state index in [0.717, 1.165) is 17.3 Å². The number of halogens is 1. The quantitative estimate of drug-likeness (QED) is 0.459. The number of fused-ring (bicyclic) bond motifs is 1. The average Bonchev–Trinajstić information content (AvgIpc) is 2.72. The molecule has 0 amide bonds. The summed E-state index contributed by atoms with van der Waals surface area (Å²) in [6, 6.07) is 13.0. The summed E-state index contributed by atoms with van der Waals surface area (Å²) in [6.45, 7) is 0.569. The molecule has 0 aliphatic heterocycles. The normalized spacial score (nSPS) is 10.9. The summed E-state index contributed by atoms with van der Waals surface area (Å²) in [5.74, 6) is 1.09. The van der Waals surface area contributed by atoms with Crippen molar-refractivity contribution in [3.8, 4) is 17.3 Å². The Balaban J connectivity index is 1.49. The number of aromatic nitrogens is 4. The number of aryl methyl sites for hydroxylation is 1. The van der Waals surface area contributed by atoms with Crippen molar-refractivity contribution in [1.82, 2.24) is 19.9 Å². The molecule has 3 heterocycles. The third-order valence-electron chi connectivity index (χ3n) is 4.27. The Labute approximate surface area is 169 Å². The number of aromatic amines is 1. The number of H-pyrrole nitrogens is 1. The lowest BCUT2D eigenvalue weighted by molar-refractivity contribution is 0.311. The van der Waals surface area contributed by atoms with Crippen molar-refractivity contribution in [2.75, 3.05) is 6.61 Å². The molecule has 7 heteroatoms. The molecule has 0 spiro atoms. The fraction of sp³-hybridized carbons (Fsp3) is 0.143. The minimum atomic E-state index is -0.219. The number of ether oxygens (including phenoxy) is 1. The highest BCUT2D eigenvalue weighted by molar-refractivity contribution is 9.10. The van der Waals surface area contributed by atoms with Crippen molar-refractivity contribution in [3.63, 3.8) is 0 Å². The molecule has 0 unspecified atom stereocenters. The Kier molecular flexibility index (Phi) is 5.43. The van der Waals surface area contributed by atoms with Gasteiger partial charge in [-0.3, -0.25) is 14.8 Å². The van der Waals surface area contributed by atoms with Crippen molar-refractivity contribution in [2.45, 2.75) is 12.8 Å². The summed E-state index contributed by atoms with van der Waals surface area (Å²) in [5, 5.41) is 0.491. The van der Waals surface area contributed by atoms with Crippen LogP contribution in [-0.4, -0.2) is 26.5 Å². The van der Waals surface area contributed by atoms with Gasteiger partial charge in [-0.1, -0.05) is 15.9 Å². The number of benzene rings is 1. The van der Waals surface area contributed by atoms with Gasteiger partial charge in [-0.25, -0.2) is 4.98 Å². The maximum Gasteiger partial charge on any atom is 0.259 e. The number of hydrogen-bond donors (Lipinski definition) is 1. The van der Waals surface area contributed by atoms with Crippen LogP contribution in [0.25, 0.3) is 22.4 Å². The topological polar surface area (TPSA) is 80.8 Å². The Morgan fingerprint density at radius 1 is 1.04 bits per heavy atom. The number of hydrogen-bond acceptors (Lipinski definition) is 5. The summed E-state index contributed by atoms with van der Waals surface area (Å²) in [5.41, 5.74) is 2.21. The van der Waals surface area contributed by atoms with Gasteiger partial charge in [0.1, 0.15) is 11.4 Å². The van der Waals surface area contributed by atoms with Crippen LogP contribution in [0, 0.1) is 0 Å². The number of nitrogens with one attached hydrogen (secondary N) is 1. The SMILES string of the molecule is O=c1[nH]c(-c2cc(Br)ccn2)nc2ccc(OCCCc3ccncc3)cc12. The molecule has 1 N–H and O–H groups in total. The second-order valence-electron chi connectivity index (χ2n) is 6.26. The summed E-state index contributed by atoms with van der Waals surface area (Å²) in [6.07, 6.45) is 7.03. The molecular formula is C21H17BrN4O2. The van der Waals surface area contributed by atoms with E-state index in [-0.39, 0.29) is 5.56 Å². The predicted octanol–water partition coefficient (Wildman–Crippen LogP) is 4.15. The molecule has 4 aromatic rings. The predicted molar refractivity (Wildman–Crippen MR) is 111 cm³/mol. The second kappa shape index (κ2) is 8.31. The molecule has 0 radical (unpaired) electrons. The van der Waals surface area contributed by atoms with Gasteiger partial charge >= 0.3 is 0 Å². The molecule has 4 rings (SSSR count). The molecule has 0 aliphatic carbocycles. The number of rotatable bonds is 6. The van der Waals surface area contributed by atoms with E-state index < -0.39 is 0 Å². The van der Waals surface area contributed by atoms with Crippen LogP contribution < -0.4 is 10.3 Å². The van der Waals surface area contributed by atoms with Crippen LogP contribution >= 0.6 is 15.9 Å². The third kappa shape index (κ3) is 4.26. The van der Waals surface area contributed by atoms with Crippen molar-refractivity contribution in [3.05, 3.63) is 81.4 Å². The van der Waals surface area contributed by atoms with Gasteiger partial charge in [0, 0.05) is 23.1 Å². The van der Waals surface area contributed by atoms with Gasteiger partial charge in [0.25, 0.3) is 5.56 Å². The van der Waals surface area contributed by atoms with Crippen LogP contribution in [0.15, 0.2) is 70.3 Å². The fourth-order valence-electron chi connectivity index (χ4n) is 2.88.